The van der Waals surface area contributed by atoms with Gasteiger partial charge in [-0.1, -0.05) is 12.8 Å². The van der Waals surface area contributed by atoms with Gasteiger partial charge in [-0.2, -0.15) is 0 Å². The van der Waals surface area contributed by atoms with E-state index in [1.54, 1.807) is 0 Å². The first kappa shape index (κ1) is 9.64. The van der Waals surface area contributed by atoms with E-state index in [-0.39, 0.29) is 5.91 Å². The number of carbonyl (C=O) groups is 1. The predicted octanol–water partition coefficient (Wildman–Crippen LogP) is 1.17. The average Bonchev–Trinajstić information content (AvgIpc) is 2.67. The lowest BCUT2D eigenvalue weighted by atomic mass is 9.97. The molecule has 3 aliphatic carbocycles. The highest BCUT2D eigenvalue weighted by molar-refractivity contribution is 5.89. The van der Waals surface area contributed by atoms with Gasteiger partial charge in [0.15, 0.2) is 0 Å². The van der Waals surface area contributed by atoms with Crippen LogP contribution in [0.4, 0.5) is 0 Å². The Morgan fingerprint density at radius 2 is 2.00 bits per heavy atom. The molecule has 3 N–H and O–H groups in total. The fourth-order valence-corrected chi connectivity index (χ4v) is 3.41. The minimum Gasteiger partial charge on any atom is -0.351 e. The highest BCUT2D eigenvalue weighted by Gasteiger charge is 2.48. The third-order valence-electron chi connectivity index (χ3n) is 4.64. The Morgan fingerprint density at radius 1 is 1.20 bits per heavy atom. The maximum atomic E-state index is 11.8. The molecule has 3 nitrogen and oxygen atoms in total. The second-order valence-electron chi connectivity index (χ2n) is 5.67. The molecule has 84 valence electrons. The van der Waals surface area contributed by atoms with Gasteiger partial charge in [0.2, 0.25) is 5.91 Å². The lowest BCUT2D eigenvalue weighted by Gasteiger charge is -2.21. The third-order valence-corrected chi connectivity index (χ3v) is 4.64. The molecule has 3 rings (SSSR count). The van der Waals surface area contributed by atoms with E-state index in [1.165, 1.54) is 32.1 Å². The molecular formula is C12H20N2O. The van der Waals surface area contributed by atoms with Gasteiger partial charge in [0.1, 0.15) is 0 Å². The Hall–Kier alpha value is -0.570. The topological polar surface area (TPSA) is 55.1 Å². The zero-order valence-electron chi connectivity index (χ0n) is 9.17. The quantitative estimate of drug-likeness (QED) is 0.716. The zero-order chi connectivity index (χ0) is 10.5. The summed E-state index contributed by atoms with van der Waals surface area (Å²) in [5, 5.41) is 3.19. The summed E-state index contributed by atoms with van der Waals surface area (Å²) in [7, 11) is 0. The number of rotatable bonds is 2. The van der Waals surface area contributed by atoms with Crippen molar-refractivity contribution >= 4 is 5.91 Å². The minimum absolute atomic E-state index is 0.111. The number of amides is 1. The van der Waals surface area contributed by atoms with Crippen LogP contribution in [-0.4, -0.2) is 17.5 Å². The van der Waals surface area contributed by atoms with Crippen molar-refractivity contribution in [2.75, 3.05) is 0 Å². The number of hydrogen-bond acceptors (Lipinski definition) is 2. The van der Waals surface area contributed by atoms with Crippen LogP contribution in [0.15, 0.2) is 0 Å². The Balaban J connectivity index is 1.61. The Bertz CT molecular complexity index is 285. The molecule has 3 unspecified atom stereocenters. The summed E-state index contributed by atoms with van der Waals surface area (Å²) in [6.45, 7) is 0. The van der Waals surface area contributed by atoms with E-state index in [9.17, 15) is 4.79 Å². The fourth-order valence-electron chi connectivity index (χ4n) is 3.41. The summed E-state index contributed by atoms with van der Waals surface area (Å²) in [4.78, 5) is 11.8. The van der Waals surface area contributed by atoms with Crippen LogP contribution in [0.3, 0.4) is 0 Å². The van der Waals surface area contributed by atoms with Gasteiger partial charge in [-0.05, 0) is 43.9 Å². The molecule has 3 atom stereocenters. The second kappa shape index (κ2) is 3.21. The highest BCUT2D eigenvalue weighted by Crippen LogP contribution is 2.44. The molecule has 1 amide bonds. The number of nitrogens with one attached hydrogen (secondary N) is 1. The number of hydrogen-bond donors (Lipinski definition) is 2. The fraction of sp³-hybridized carbons (Fsp3) is 0.917. The molecule has 3 heteroatoms. The molecule has 0 bridgehead atoms. The molecule has 0 saturated heterocycles. The maximum Gasteiger partial charge on any atom is 0.240 e. The van der Waals surface area contributed by atoms with E-state index in [1.807, 2.05) is 0 Å². The predicted molar refractivity (Wildman–Crippen MR) is 58.1 cm³/mol. The first-order valence-corrected chi connectivity index (χ1v) is 6.29. The van der Waals surface area contributed by atoms with Gasteiger partial charge < -0.3 is 11.1 Å². The lowest BCUT2D eigenvalue weighted by Crippen LogP contribution is -2.48. The zero-order valence-corrected chi connectivity index (χ0v) is 9.17. The van der Waals surface area contributed by atoms with E-state index in [0.29, 0.717) is 6.04 Å². The SMILES string of the molecule is NC1(C(=O)NC2CCC3CCCC32)CC1. The van der Waals surface area contributed by atoms with Gasteiger partial charge in [0.05, 0.1) is 5.54 Å². The normalized spacial score (nSPS) is 41.3. The Morgan fingerprint density at radius 3 is 2.73 bits per heavy atom. The van der Waals surface area contributed by atoms with E-state index < -0.39 is 5.54 Å². The van der Waals surface area contributed by atoms with E-state index >= 15 is 0 Å². The standard InChI is InChI=1S/C12H20N2O/c13-12(6-7-12)11(15)14-10-5-4-8-2-1-3-9(8)10/h8-10H,1-7,13H2,(H,14,15). The third kappa shape index (κ3) is 1.57. The molecule has 0 aromatic heterocycles. The summed E-state index contributed by atoms with van der Waals surface area (Å²) in [6, 6.07) is 0.436. The summed E-state index contributed by atoms with van der Waals surface area (Å²) < 4.78 is 0. The molecule has 3 fully saturated rings. The van der Waals surface area contributed by atoms with Crippen LogP contribution in [0.2, 0.25) is 0 Å². The summed E-state index contributed by atoms with van der Waals surface area (Å²) in [6.07, 6.45) is 8.29. The second-order valence-corrected chi connectivity index (χ2v) is 5.67. The first-order chi connectivity index (χ1) is 7.19. The van der Waals surface area contributed by atoms with Crippen LogP contribution >= 0.6 is 0 Å². The monoisotopic (exact) mass is 208 g/mol. The van der Waals surface area contributed by atoms with Crippen molar-refractivity contribution in [3.05, 3.63) is 0 Å². The van der Waals surface area contributed by atoms with E-state index in [0.717, 1.165) is 24.7 Å². The highest BCUT2D eigenvalue weighted by atomic mass is 16.2. The van der Waals surface area contributed by atoms with Crippen molar-refractivity contribution in [2.45, 2.75) is 56.5 Å². The van der Waals surface area contributed by atoms with Gasteiger partial charge in [0, 0.05) is 6.04 Å². The molecule has 0 radical (unpaired) electrons. The minimum atomic E-state index is -0.489. The van der Waals surface area contributed by atoms with Crippen LogP contribution < -0.4 is 11.1 Å². The molecule has 3 saturated carbocycles. The molecular weight excluding hydrogens is 188 g/mol. The van der Waals surface area contributed by atoms with Crippen molar-refractivity contribution in [1.29, 1.82) is 0 Å². The van der Waals surface area contributed by atoms with Crippen molar-refractivity contribution in [1.82, 2.24) is 5.32 Å². The molecule has 0 spiro atoms. The van der Waals surface area contributed by atoms with Crippen molar-refractivity contribution in [3.63, 3.8) is 0 Å². The molecule has 0 aliphatic heterocycles. The molecule has 0 aromatic carbocycles. The maximum absolute atomic E-state index is 11.8. The van der Waals surface area contributed by atoms with Crippen LogP contribution in [0.25, 0.3) is 0 Å². The van der Waals surface area contributed by atoms with Gasteiger partial charge in [-0.25, -0.2) is 0 Å². The van der Waals surface area contributed by atoms with Crippen molar-refractivity contribution in [2.24, 2.45) is 17.6 Å². The number of fused-ring (bicyclic) bond motifs is 1. The molecule has 15 heavy (non-hydrogen) atoms. The summed E-state index contributed by atoms with van der Waals surface area (Å²) >= 11 is 0. The molecule has 3 aliphatic rings. The first-order valence-electron chi connectivity index (χ1n) is 6.29. The van der Waals surface area contributed by atoms with Gasteiger partial charge >= 0.3 is 0 Å². The van der Waals surface area contributed by atoms with Crippen molar-refractivity contribution < 1.29 is 4.79 Å². The molecule has 0 aromatic rings. The molecule has 0 heterocycles. The van der Waals surface area contributed by atoms with Gasteiger partial charge in [-0.3, -0.25) is 4.79 Å². The average molecular weight is 208 g/mol. The number of nitrogens with two attached hydrogens (primary N) is 1. The Labute approximate surface area is 90.8 Å². The van der Waals surface area contributed by atoms with Crippen molar-refractivity contribution in [3.8, 4) is 0 Å². The van der Waals surface area contributed by atoms with Crippen LogP contribution in [-0.2, 0) is 4.79 Å². The van der Waals surface area contributed by atoms with Gasteiger partial charge in [0.25, 0.3) is 0 Å². The Kier molecular flexibility index (Phi) is 2.06. The smallest absolute Gasteiger partial charge is 0.240 e. The van der Waals surface area contributed by atoms with Crippen LogP contribution in [0.5, 0.6) is 0 Å². The lowest BCUT2D eigenvalue weighted by molar-refractivity contribution is -0.124. The summed E-state index contributed by atoms with van der Waals surface area (Å²) in [5.41, 5.74) is 5.40. The number of carbonyl (C=O) groups excluding carboxylic acids is 1. The van der Waals surface area contributed by atoms with Crippen LogP contribution in [0, 0.1) is 11.8 Å². The summed E-state index contributed by atoms with van der Waals surface area (Å²) in [5.74, 6) is 1.76. The van der Waals surface area contributed by atoms with E-state index in [4.69, 9.17) is 5.73 Å². The van der Waals surface area contributed by atoms with Gasteiger partial charge in [-0.15, -0.1) is 0 Å². The largest absolute Gasteiger partial charge is 0.351 e. The van der Waals surface area contributed by atoms with E-state index in [2.05, 4.69) is 5.32 Å². The van der Waals surface area contributed by atoms with Crippen LogP contribution in [0.1, 0.15) is 44.9 Å².